The molecule has 0 saturated carbocycles. The lowest BCUT2D eigenvalue weighted by Crippen LogP contribution is -2.28. The largest absolute Gasteiger partial charge is 0.481 e. The first-order valence-corrected chi connectivity index (χ1v) is 8.45. The molecule has 0 radical (unpaired) electrons. The number of hydrogen-bond acceptors (Lipinski definition) is 3. The zero-order valence-corrected chi connectivity index (χ0v) is 14.2. The lowest BCUT2D eigenvalue weighted by Gasteiger charge is -2.17. The van der Waals surface area contributed by atoms with E-state index < -0.39 is 11.9 Å². The summed E-state index contributed by atoms with van der Waals surface area (Å²) in [7, 11) is 0. The molecule has 0 aromatic heterocycles. The van der Waals surface area contributed by atoms with Crippen LogP contribution in [0, 0.1) is 5.92 Å². The first kappa shape index (κ1) is 17.7. The van der Waals surface area contributed by atoms with E-state index in [1.54, 1.807) is 29.2 Å². The quantitative estimate of drug-likeness (QED) is 0.835. The van der Waals surface area contributed by atoms with Crippen molar-refractivity contribution in [3.05, 3.63) is 65.7 Å². The number of likely N-dealkylation sites (tertiary alicyclic amines) is 1. The number of anilines is 1. The minimum Gasteiger partial charge on any atom is -0.481 e. The van der Waals surface area contributed by atoms with Crippen LogP contribution in [0.5, 0.6) is 0 Å². The number of nitrogens with one attached hydrogen (secondary N) is 1. The summed E-state index contributed by atoms with van der Waals surface area (Å²) in [6, 6.07) is 16.5. The Kier molecular flexibility index (Phi) is 5.31. The Morgan fingerprint density at radius 3 is 2.50 bits per heavy atom. The van der Waals surface area contributed by atoms with Crippen molar-refractivity contribution in [2.45, 2.75) is 19.4 Å². The molecule has 2 N–H and O–H groups in total. The maximum Gasteiger partial charge on any atom is 0.307 e. The Balaban J connectivity index is 1.64. The van der Waals surface area contributed by atoms with Crippen LogP contribution in [0.3, 0.4) is 0 Å². The standard InChI is InChI=1S/C20H20N2O4/c23-18-10-16(13-22(18)12-14-6-2-1-3-7-14)20(26)21-17-9-5-4-8-15(17)11-19(24)25/h1-9,16H,10-13H2,(H,21,26)(H,24,25). The zero-order valence-electron chi connectivity index (χ0n) is 14.2. The summed E-state index contributed by atoms with van der Waals surface area (Å²) in [5.74, 6) is -1.71. The number of carbonyl (C=O) groups excluding carboxylic acids is 2. The highest BCUT2D eigenvalue weighted by Gasteiger charge is 2.34. The number of carboxylic acid groups (broad SMARTS) is 1. The van der Waals surface area contributed by atoms with Crippen molar-refractivity contribution in [1.82, 2.24) is 4.90 Å². The number of carbonyl (C=O) groups is 3. The van der Waals surface area contributed by atoms with Gasteiger partial charge < -0.3 is 15.3 Å². The first-order chi connectivity index (χ1) is 12.5. The van der Waals surface area contributed by atoms with E-state index in [0.717, 1.165) is 5.56 Å². The van der Waals surface area contributed by atoms with Crippen LogP contribution in [0.15, 0.2) is 54.6 Å². The number of aliphatic carboxylic acids is 1. The van der Waals surface area contributed by atoms with Gasteiger partial charge in [0, 0.05) is 25.2 Å². The van der Waals surface area contributed by atoms with Crippen molar-refractivity contribution in [3.63, 3.8) is 0 Å². The number of benzene rings is 2. The molecule has 6 heteroatoms. The van der Waals surface area contributed by atoms with Crippen LogP contribution in [0.25, 0.3) is 0 Å². The van der Waals surface area contributed by atoms with Crippen molar-refractivity contribution in [2.75, 3.05) is 11.9 Å². The van der Waals surface area contributed by atoms with Gasteiger partial charge in [0.15, 0.2) is 0 Å². The lowest BCUT2D eigenvalue weighted by molar-refractivity contribution is -0.136. The predicted octanol–water partition coefficient (Wildman–Crippen LogP) is 2.30. The highest BCUT2D eigenvalue weighted by Crippen LogP contribution is 2.23. The highest BCUT2D eigenvalue weighted by molar-refractivity contribution is 5.98. The monoisotopic (exact) mass is 352 g/mol. The molecule has 1 heterocycles. The van der Waals surface area contributed by atoms with E-state index in [1.165, 1.54) is 0 Å². The fourth-order valence-electron chi connectivity index (χ4n) is 3.10. The SMILES string of the molecule is O=C(O)Cc1ccccc1NC(=O)C1CC(=O)N(Cc2ccccc2)C1. The van der Waals surface area contributed by atoms with Crippen LogP contribution in [0.4, 0.5) is 5.69 Å². The summed E-state index contributed by atoms with van der Waals surface area (Å²) in [4.78, 5) is 37.4. The third kappa shape index (κ3) is 4.27. The summed E-state index contributed by atoms with van der Waals surface area (Å²) < 4.78 is 0. The molecule has 1 aliphatic heterocycles. The van der Waals surface area contributed by atoms with E-state index in [2.05, 4.69) is 5.32 Å². The average Bonchev–Trinajstić information content (AvgIpc) is 2.98. The first-order valence-electron chi connectivity index (χ1n) is 8.45. The molecule has 3 rings (SSSR count). The normalized spacial score (nSPS) is 16.5. The number of nitrogens with zero attached hydrogens (tertiary/aromatic N) is 1. The number of rotatable bonds is 6. The second-order valence-corrected chi connectivity index (χ2v) is 6.38. The molecule has 26 heavy (non-hydrogen) atoms. The van der Waals surface area contributed by atoms with Crippen molar-refractivity contribution in [1.29, 1.82) is 0 Å². The fourth-order valence-corrected chi connectivity index (χ4v) is 3.10. The van der Waals surface area contributed by atoms with E-state index in [9.17, 15) is 14.4 Å². The van der Waals surface area contributed by atoms with Gasteiger partial charge in [-0.15, -0.1) is 0 Å². The van der Waals surface area contributed by atoms with Crippen molar-refractivity contribution < 1.29 is 19.5 Å². The molecule has 2 aromatic carbocycles. The third-order valence-electron chi connectivity index (χ3n) is 4.42. The topological polar surface area (TPSA) is 86.7 Å². The van der Waals surface area contributed by atoms with Crippen molar-refractivity contribution >= 4 is 23.5 Å². The van der Waals surface area contributed by atoms with E-state index >= 15 is 0 Å². The van der Waals surface area contributed by atoms with Crippen LogP contribution in [0.1, 0.15) is 17.5 Å². The van der Waals surface area contributed by atoms with Gasteiger partial charge in [-0.1, -0.05) is 48.5 Å². The van der Waals surface area contributed by atoms with Gasteiger partial charge in [-0.2, -0.15) is 0 Å². The molecule has 1 fully saturated rings. The van der Waals surface area contributed by atoms with Crippen LogP contribution in [-0.4, -0.2) is 34.3 Å². The van der Waals surface area contributed by atoms with Gasteiger partial charge >= 0.3 is 5.97 Å². The van der Waals surface area contributed by atoms with Gasteiger partial charge in [0.05, 0.1) is 12.3 Å². The van der Waals surface area contributed by atoms with Crippen LogP contribution < -0.4 is 5.32 Å². The smallest absolute Gasteiger partial charge is 0.307 e. The Morgan fingerprint density at radius 1 is 1.08 bits per heavy atom. The minimum absolute atomic E-state index is 0.0483. The van der Waals surface area contributed by atoms with Crippen LogP contribution in [-0.2, 0) is 27.3 Å². The molecule has 1 aliphatic rings. The third-order valence-corrected chi connectivity index (χ3v) is 4.42. The molecule has 6 nitrogen and oxygen atoms in total. The van der Waals surface area contributed by atoms with Gasteiger partial charge in [0.25, 0.3) is 0 Å². The molecule has 2 amide bonds. The summed E-state index contributed by atoms with van der Waals surface area (Å²) in [6.45, 7) is 0.847. The molecule has 134 valence electrons. The second-order valence-electron chi connectivity index (χ2n) is 6.38. The molecule has 1 atom stereocenters. The van der Waals surface area contributed by atoms with E-state index in [4.69, 9.17) is 5.11 Å². The maximum atomic E-state index is 12.6. The summed E-state index contributed by atoms with van der Waals surface area (Å²) in [5.41, 5.74) is 2.04. The Labute approximate surface area is 151 Å². The van der Waals surface area contributed by atoms with Crippen molar-refractivity contribution in [3.8, 4) is 0 Å². The molecule has 0 bridgehead atoms. The zero-order chi connectivity index (χ0) is 18.5. The number of para-hydroxylation sites is 1. The molecule has 0 spiro atoms. The number of amides is 2. The predicted molar refractivity (Wildman–Crippen MR) is 96.4 cm³/mol. The minimum atomic E-state index is -0.961. The van der Waals surface area contributed by atoms with Crippen LogP contribution in [0.2, 0.25) is 0 Å². The van der Waals surface area contributed by atoms with Gasteiger partial charge in [-0.3, -0.25) is 14.4 Å². The summed E-state index contributed by atoms with van der Waals surface area (Å²) in [5, 5.41) is 11.8. The Hall–Kier alpha value is -3.15. The average molecular weight is 352 g/mol. The van der Waals surface area contributed by atoms with Gasteiger partial charge in [-0.05, 0) is 17.2 Å². The molecule has 0 aliphatic carbocycles. The summed E-state index contributed by atoms with van der Waals surface area (Å²) in [6.07, 6.45) is -0.0000525. The van der Waals surface area contributed by atoms with Gasteiger partial charge in [0.2, 0.25) is 11.8 Å². The number of hydrogen-bond donors (Lipinski definition) is 2. The second kappa shape index (κ2) is 7.82. The maximum absolute atomic E-state index is 12.6. The fraction of sp³-hybridized carbons (Fsp3) is 0.250. The molecule has 2 aromatic rings. The molecule has 1 saturated heterocycles. The van der Waals surface area contributed by atoms with Crippen LogP contribution >= 0.6 is 0 Å². The Bertz CT molecular complexity index is 820. The van der Waals surface area contributed by atoms with Gasteiger partial charge in [0.1, 0.15) is 0 Å². The van der Waals surface area contributed by atoms with Crippen molar-refractivity contribution in [2.24, 2.45) is 5.92 Å². The lowest BCUT2D eigenvalue weighted by atomic mass is 10.1. The van der Waals surface area contributed by atoms with E-state index in [1.807, 2.05) is 30.3 Å². The van der Waals surface area contributed by atoms with E-state index in [0.29, 0.717) is 24.3 Å². The Morgan fingerprint density at radius 2 is 1.77 bits per heavy atom. The number of carboxylic acids is 1. The molecular weight excluding hydrogens is 332 g/mol. The summed E-state index contributed by atoms with van der Waals surface area (Å²) >= 11 is 0. The van der Waals surface area contributed by atoms with E-state index in [-0.39, 0.29) is 24.7 Å². The highest BCUT2D eigenvalue weighted by atomic mass is 16.4. The van der Waals surface area contributed by atoms with Gasteiger partial charge in [-0.25, -0.2) is 0 Å². The molecule has 1 unspecified atom stereocenters. The molecular formula is C20H20N2O4.